The van der Waals surface area contributed by atoms with Gasteiger partial charge in [0.1, 0.15) is 0 Å². The van der Waals surface area contributed by atoms with Gasteiger partial charge in [0.05, 0.1) is 24.9 Å². The monoisotopic (exact) mass is 423 g/mol. The Balaban J connectivity index is 2.37. The fraction of sp³-hybridized carbons (Fsp3) is 0.320. The van der Waals surface area contributed by atoms with E-state index in [2.05, 4.69) is 23.6 Å². The Kier molecular flexibility index (Phi) is 7.02. The lowest BCUT2D eigenvalue weighted by Crippen LogP contribution is -2.05. The molecule has 0 aliphatic carbocycles. The lowest BCUT2D eigenvalue weighted by Gasteiger charge is -2.15. The van der Waals surface area contributed by atoms with Crippen molar-refractivity contribution in [2.24, 2.45) is 7.05 Å². The van der Waals surface area contributed by atoms with Crippen LogP contribution in [-0.2, 0) is 21.3 Å². The number of aromatic nitrogens is 1. The van der Waals surface area contributed by atoms with E-state index in [1.807, 2.05) is 37.4 Å². The first kappa shape index (κ1) is 22.4. The zero-order valence-corrected chi connectivity index (χ0v) is 18.9. The van der Waals surface area contributed by atoms with Gasteiger partial charge in [0.25, 0.3) is 0 Å². The molecular weight excluding hydrogens is 394 g/mol. The molecule has 3 rings (SSSR count). The van der Waals surface area contributed by atoms with Crippen LogP contribution in [0.15, 0.2) is 42.0 Å². The fourth-order valence-corrected chi connectivity index (χ4v) is 3.91. The summed E-state index contributed by atoms with van der Waals surface area (Å²) in [6.45, 7) is 6.04. The van der Waals surface area contributed by atoms with E-state index in [9.17, 15) is 4.79 Å². The minimum Gasteiger partial charge on any atom is -0.493 e. The summed E-state index contributed by atoms with van der Waals surface area (Å²) in [7, 11) is 5.18. The van der Waals surface area contributed by atoms with E-state index in [-0.39, 0.29) is 12.8 Å². The average molecular weight is 424 g/mol. The summed E-state index contributed by atoms with van der Waals surface area (Å²) in [4.78, 5) is 12.3. The van der Waals surface area contributed by atoms with Crippen molar-refractivity contribution in [1.29, 1.82) is 0 Å². The van der Waals surface area contributed by atoms with Gasteiger partial charge < -0.3 is 23.5 Å². The molecule has 0 bridgehead atoms. The van der Waals surface area contributed by atoms with Gasteiger partial charge in [0.15, 0.2) is 18.3 Å². The Morgan fingerprint density at radius 1 is 1.16 bits per heavy atom. The summed E-state index contributed by atoms with van der Waals surface area (Å²) in [5, 5.41) is 0.983. The Morgan fingerprint density at radius 3 is 2.48 bits per heavy atom. The van der Waals surface area contributed by atoms with Crippen molar-refractivity contribution in [2.75, 3.05) is 27.6 Å². The van der Waals surface area contributed by atoms with Gasteiger partial charge in [-0.2, -0.15) is 0 Å². The first-order valence-corrected chi connectivity index (χ1v) is 10.2. The molecule has 164 valence electrons. The molecule has 0 radical (unpaired) electrons. The molecule has 0 fully saturated rings. The smallest absolute Gasteiger partial charge is 0.333 e. The Morgan fingerprint density at radius 2 is 1.87 bits per heavy atom. The third kappa shape index (κ3) is 4.30. The van der Waals surface area contributed by atoms with Crippen molar-refractivity contribution < 1.29 is 23.7 Å². The van der Waals surface area contributed by atoms with Gasteiger partial charge in [0.2, 0.25) is 0 Å². The topological polar surface area (TPSA) is 58.9 Å². The molecule has 0 aliphatic rings. The van der Waals surface area contributed by atoms with E-state index in [4.69, 9.17) is 18.9 Å². The van der Waals surface area contributed by atoms with E-state index in [0.717, 1.165) is 33.3 Å². The van der Waals surface area contributed by atoms with Gasteiger partial charge in [-0.05, 0) is 49.6 Å². The van der Waals surface area contributed by atoms with Crippen molar-refractivity contribution in [1.82, 2.24) is 4.57 Å². The number of hydrogen-bond acceptors (Lipinski definition) is 5. The number of aryl methyl sites for hydroxylation is 2. The van der Waals surface area contributed by atoms with Gasteiger partial charge in [-0.15, -0.1) is 0 Å². The first-order chi connectivity index (χ1) is 14.9. The van der Waals surface area contributed by atoms with Gasteiger partial charge in [-0.1, -0.05) is 30.3 Å². The SMILES string of the molecule is CCOC(=O)/C(C)=C/c1cc(OC)c(OCOC)c2c1c(C)c(-c1ccccc1)n2C. The summed E-state index contributed by atoms with van der Waals surface area (Å²) in [6.07, 6.45) is 1.84. The molecule has 0 spiro atoms. The van der Waals surface area contributed by atoms with Gasteiger partial charge in [0, 0.05) is 25.1 Å². The van der Waals surface area contributed by atoms with E-state index in [1.165, 1.54) is 0 Å². The van der Waals surface area contributed by atoms with Gasteiger partial charge in [-0.3, -0.25) is 0 Å². The largest absolute Gasteiger partial charge is 0.493 e. The highest BCUT2D eigenvalue weighted by Crippen LogP contribution is 2.44. The number of esters is 1. The number of methoxy groups -OCH3 is 2. The number of fused-ring (bicyclic) bond motifs is 1. The number of rotatable bonds is 8. The minimum absolute atomic E-state index is 0.0907. The van der Waals surface area contributed by atoms with E-state index >= 15 is 0 Å². The number of carbonyl (C=O) groups excluding carboxylic acids is 1. The number of ether oxygens (including phenoxy) is 4. The molecule has 0 atom stereocenters. The molecule has 0 N–H and O–H groups in total. The zero-order valence-electron chi connectivity index (χ0n) is 18.9. The third-order valence-corrected chi connectivity index (χ3v) is 5.21. The predicted octanol–water partition coefficient (Wildman–Crippen LogP) is 5.11. The van der Waals surface area contributed by atoms with Crippen molar-refractivity contribution in [3.63, 3.8) is 0 Å². The van der Waals surface area contributed by atoms with Gasteiger partial charge >= 0.3 is 5.97 Å². The van der Waals surface area contributed by atoms with Crippen molar-refractivity contribution in [2.45, 2.75) is 20.8 Å². The minimum atomic E-state index is -0.341. The molecule has 1 aromatic heterocycles. The molecular formula is C25H29NO5. The molecule has 0 unspecified atom stereocenters. The van der Waals surface area contributed by atoms with Crippen LogP contribution in [0, 0.1) is 6.92 Å². The summed E-state index contributed by atoms with van der Waals surface area (Å²) in [6, 6.07) is 12.1. The van der Waals surface area contributed by atoms with Crippen LogP contribution >= 0.6 is 0 Å². The lowest BCUT2D eigenvalue weighted by atomic mass is 10.0. The van der Waals surface area contributed by atoms with Crippen LogP contribution in [0.3, 0.4) is 0 Å². The highest BCUT2D eigenvalue weighted by Gasteiger charge is 2.23. The second-order valence-electron chi connectivity index (χ2n) is 7.22. The molecule has 0 amide bonds. The molecule has 6 nitrogen and oxygen atoms in total. The predicted molar refractivity (Wildman–Crippen MR) is 122 cm³/mol. The number of hydrogen-bond donors (Lipinski definition) is 0. The molecule has 1 heterocycles. The summed E-state index contributed by atoms with van der Waals surface area (Å²) >= 11 is 0. The van der Waals surface area contributed by atoms with Crippen LogP contribution in [0.4, 0.5) is 0 Å². The van der Waals surface area contributed by atoms with Crippen LogP contribution in [0.5, 0.6) is 11.5 Å². The van der Waals surface area contributed by atoms with Crippen LogP contribution < -0.4 is 9.47 Å². The molecule has 0 aliphatic heterocycles. The number of benzene rings is 2. The quantitative estimate of drug-likeness (QED) is 0.286. The van der Waals surface area contributed by atoms with E-state index in [0.29, 0.717) is 23.7 Å². The average Bonchev–Trinajstić information content (AvgIpc) is 3.04. The maximum Gasteiger partial charge on any atom is 0.333 e. The van der Waals surface area contributed by atoms with Crippen LogP contribution in [-0.4, -0.2) is 38.2 Å². The maximum atomic E-state index is 12.3. The summed E-state index contributed by atoms with van der Waals surface area (Å²) in [5.41, 5.74) is 5.48. The standard InChI is InChI=1S/C25H29NO5/c1-7-30-25(27)16(2)13-19-14-20(29-6)24(31-15-28-5)23-21(19)17(3)22(26(23)4)18-11-9-8-10-12-18/h8-14H,7,15H2,1-6H3/b16-13+. The highest BCUT2D eigenvalue weighted by molar-refractivity contribution is 6.04. The molecule has 31 heavy (non-hydrogen) atoms. The number of carbonyl (C=O) groups is 1. The van der Waals surface area contributed by atoms with Crippen molar-refractivity contribution >= 4 is 22.9 Å². The highest BCUT2D eigenvalue weighted by atomic mass is 16.7. The van der Waals surface area contributed by atoms with Gasteiger partial charge in [-0.25, -0.2) is 4.79 Å². The summed E-state index contributed by atoms with van der Waals surface area (Å²) in [5.74, 6) is 0.817. The lowest BCUT2D eigenvalue weighted by molar-refractivity contribution is -0.138. The van der Waals surface area contributed by atoms with Crippen LogP contribution in [0.25, 0.3) is 28.2 Å². The second-order valence-corrected chi connectivity index (χ2v) is 7.22. The van der Waals surface area contributed by atoms with Crippen molar-refractivity contribution in [3.05, 3.63) is 53.1 Å². The van der Waals surface area contributed by atoms with Crippen molar-refractivity contribution in [3.8, 4) is 22.8 Å². The van der Waals surface area contributed by atoms with Crippen LogP contribution in [0.1, 0.15) is 25.0 Å². The first-order valence-electron chi connectivity index (χ1n) is 10.2. The van der Waals surface area contributed by atoms with E-state index in [1.54, 1.807) is 28.1 Å². The zero-order chi connectivity index (χ0) is 22.5. The Bertz CT molecular complexity index is 1110. The number of nitrogens with zero attached hydrogens (tertiary/aromatic N) is 1. The Hall–Kier alpha value is -3.25. The summed E-state index contributed by atoms with van der Waals surface area (Å²) < 4.78 is 24.0. The maximum absolute atomic E-state index is 12.3. The molecule has 0 saturated carbocycles. The fourth-order valence-electron chi connectivity index (χ4n) is 3.91. The molecule has 0 saturated heterocycles. The third-order valence-electron chi connectivity index (χ3n) is 5.21. The normalized spacial score (nSPS) is 11.6. The molecule has 2 aromatic carbocycles. The van der Waals surface area contributed by atoms with E-state index < -0.39 is 0 Å². The van der Waals surface area contributed by atoms with Crippen LogP contribution in [0.2, 0.25) is 0 Å². The Labute approximate surface area is 183 Å². The molecule has 6 heteroatoms. The molecule has 3 aromatic rings. The second kappa shape index (κ2) is 9.71.